The van der Waals surface area contributed by atoms with E-state index in [1.807, 2.05) is 6.07 Å². The van der Waals surface area contributed by atoms with Crippen LogP contribution in [-0.2, 0) is 5.41 Å². The van der Waals surface area contributed by atoms with E-state index in [2.05, 4.69) is 79.6 Å². The second-order valence-corrected chi connectivity index (χ2v) is 8.91. The number of hydrogen-bond acceptors (Lipinski definition) is 3. The summed E-state index contributed by atoms with van der Waals surface area (Å²) in [5.41, 5.74) is 2.13. The lowest BCUT2D eigenvalue weighted by Crippen LogP contribution is -2.65. The summed E-state index contributed by atoms with van der Waals surface area (Å²) in [7, 11) is 2.07. The molecule has 0 radical (unpaired) electrons. The summed E-state index contributed by atoms with van der Waals surface area (Å²) in [5.74, 6) is 0.683. The predicted molar refractivity (Wildman–Crippen MR) is 121 cm³/mol. The molecule has 2 aliphatic heterocycles. The summed E-state index contributed by atoms with van der Waals surface area (Å²) in [6, 6.07) is 21.9. The van der Waals surface area contributed by atoms with Crippen molar-refractivity contribution in [1.82, 2.24) is 0 Å². The molecule has 4 heteroatoms. The molecule has 1 spiro atoms. The molecule has 2 heterocycles. The number of hydrogen-bond donors (Lipinski definition) is 1. The number of nitrogens with one attached hydrogen (secondary N) is 1. The number of benzene rings is 4. The molecule has 2 aliphatic rings. The molecule has 30 heavy (non-hydrogen) atoms. The number of fused-ring (bicyclic) bond motifs is 7. The average molecular weight is 398 g/mol. The Kier molecular flexibility index (Phi) is 3.32. The van der Waals surface area contributed by atoms with Crippen molar-refractivity contribution in [3.05, 3.63) is 78.1 Å². The Hall–Kier alpha value is -3.27. The molecular formula is C26H23FN2O. The number of likely N-dealkylation sites (N-methyl/N-ethyl adjacent to an activating group) is 1. The molecule has 1 unspecified atom stereocenters. The van der Waals surface area contributed by atoms with E-state index in [1.165, 1.54) is 16.8 Å². The normalized spacial score (nSPS) is 21.4. The summed E-state index contributed by atoms with van der Waals surface area (Å²) in [6.45, 7) is 4.79. The molecule has 0 aliphatic carbocycles. The van der Waals surface area contributed by atoms with Crippen LogP contribution in [0.4, 0.5) is 15.8 Å². The first-order valence-electron chi connectivity index (χ1n) is 10.3. The number of halogens is 1. The van der Waals surface area contributed by atoms with Gasteiger partial charge in [-0.25, -0.2) is 4.39 Å². The summed E-state index contributed by atoms with van der Waals surface area (Å²) in [6.07, 6.45) is 0. The zero-order valence-electron chi connectivity index (χ0n) is 17.3. The minimum atomic E-state index is -0.526. The topological polar surface area (TPSA) is 24.5 Å². The second kappa shape index (κ2) is 5.66. The largest absolute Gasteiger partial charge is 0.486 e. The van der Waals surface area contributed by atoms with Crippen LogP contribution in [0.1, 0.15) is 19.4 Å². The molecule has 0 amide bonds. The molecule has 1 atom stereocenters. The van der Waals surface area contributed by atoms with Crippen molar-refractivity contribution < 1.29 is 9.13 Å². The molecule has 0 bridgehead atoms. The molecule has 0 saturated heterocycles. The third-order valence-electron chi connectivity index (χ3n) is 7.24. The number of rotatable bonds is 0. The van der Waals surface area contributed by atoms with Crippen molar-refractivity contribution in [2.45, 2.75) is 24.9 Å². The van der Waals surface area contributed by atoms with Crippen LogP contribution >= 0.6 is 0 Å². The Morgan fingerprint density at radius 3 is 2.27 bits per heavy atom. The lowest BCUT2D eigenvalue weighted by Gasteiger charge is -2.50. The van der Waals surface area contributed by atoms with E-state index < -0.39 is 5.66 Å². The van der Waals surface area contributed by atoms with Crippen LogP contribution < -0.4 is 15.0 Å². The van der Waals surface area contributed by atoms with Crippen molar-refractivity contribution in [2.75, 3.05) is 23.9 Å². The van der Waals surface area contributed by atoms with Gasteiger partial charge < -0.3 is 15.0 Å². The number of ether oxygens (including phenoxy) is 1. The fourth-order valence-corrected chi connectivity index (χ4v) is 5.47. The van der Waals surface area contributed by atoms with Gasteiger partial charge in [-0.05, 0) is 34.5 Å². The lowest BCUT2D eigenvalue weighted by molar-refractivity contribution is 0.167. The fourth-order valence-electron chi connectivity index (χ4n) is 5.47. The molecular weight excluding hydrogens is 375 g/mol. The lowest BCUT2D eigenvalue weighted by atomic mass is 9.75. The van der Waals surface area contributed by atoms with Crippen LogP contribution in [-0.4, -0.2) is 19.3 Å². The van der Waals surface area contributed by atoms with E-state index in [-0.39, 0.29) is 11.2 Å². The highest BCUT2D eigenvalue weighted by Gasteiger charge is 2.58. The monoisotopic (exact) mass is 398 g/mol. The quantitative estimate of drug-likeness (QED) is 0.364. The van der Waals surface area contributed by atoms with Crippen LogP contribution in [0.5, 0.6) is 5.75 Å². The van der Waals surface area contributed by atoms with Crippen LogP contribution in [0, 0.1) is 5.82 Å². The van der Waals surface area contributed by atoms with Gasteiger partial charge >= 0.3 is 0 Å². The van der Waals surface area contributed by atoms with Crippen molar-refractivity contribution >= 4 is 32.9 Å². The summed E-state index contributed by atoms with van der Waals surface area (Å²) in [5, 5.41) is 8.52. The summed E-state index contributed by atoms with van der Waals surface area (Å²) < 4.78 is 20.7. The van der Waals surface area contributed by atoms with Crippen molar-refractivity contribution in [2.24, 2.45) is 0 Å². The van der Waals surface area contributed by atoms with Crippen molar-refractivity contribution in [1.29, 1.82) is 0 Å². The molecule has 6 rings (SSSR count). The Morgan fingerprint density at radius 2 is 1.53 bits per heavy atom. The zero-order valence-corrected chi connectivity index (χ0v) is 17.3. The number of anilines is 2. The Labute approximate surface area is 175 Å². The second-order valence-electron chi connectivity index (χ2n) is 8.91. The third-order valence-corrected chi connectivity index (χ3v) is 7.24. The Balaban J connectivity index is 1.63. The molecule has 1 N–H and O–H groups in total. The maximum Gasteiger partial charge on any atom is 0.155 e. The smallest absolute Gasteiger partial charge is 0.155 e. The predicted octanol–water partition coefficient (Wildman–Crippen LogP) is 6.06. The number of nitrogens with zero attached hydrogens (tertiary/aromatic N) is 1. The molecule has 0 aromatic heterocycles. The summed E-state index contributed by atoms with van der Waals surface area (Å²) in [4.78, 5) is 2.22. The van der Waals surface area contributed by atoms with E-state index >= 15 is 0 Å². The van der Waals surface area contributed by atoms with Gasteiger partial charge in [0.15, 0.2) is 11.4 Å². The van der Waals surface area contributed by atoms with E-state index in [0.717, 1.165) is 33.5 Å². The molecule has 150 valence electrons. The van der Waals surface area contributed by atoms with E-state index in [4.69, 9.17) is 4.74 Å². The minimum Gasteiger partial charge on any atom is -0.486 e. The van der Waals surface area contributed by atoms with Gasteiger partial charge in [-0.3, -0.25) is 0 Å². The van der Waals surface area contributed by atoms with Crippen LogP contribution in [0.25, 0.3) is 21.5 Å². The zero-order chi connectivity index (χ0) is 20.7. The molecule has 0 saturated carbocycles. The van der Waals surface area contributed by atoms with Gasteiger partial charge in [0.25, 0.3) is 0 Å². The maximum absolute atomic E-state index is 14.1. The van der Waals surface area contributed by atoms with Gasteiger partial charge in [-0.1, -0.05) is 62.4 Å². The van der Waals surface area contributed by atoms with Crippen LogP contribution in [0.15, 0.2) is 66.7 Å². The standard InChI is InChI=1S/C26H23FN2O/c1-25(2)21-14-16(27)12-13-22(21)29(3)26(25)15-30-24-20-11-7-5-9-18(20)17-8-4-6-10-19(17)23(24)28-26/h4-14,28H,15H2,1-3H3. The van der Waals surface area contributed by atoms with Crippen molar-refractivity contribution in [3.8, 4) is 5.75 Å². The summed E-state index contributed by atoms with van der Waals surface area (Å²) >= 11 is 0. The third kappa shape index (κ3) is 1.99. The first-order chi connectivity index (χ1) is 14.4. The van der Waals surface area contributed by atoms with Crippen molar-refractivity contribution in [3.63, 3.8) is 0 Å². The van der Waals surface area contributed by atoms with Gasteiger partial charge in [0.05, 0.1) is 5.69 Å². The molecule has 4 aromatic rings. The molecule has 4 aromatic carbocycles. The first kappa shape index (κ1) is 17.6. The van der Waals surface area contributed by atoms with E-state index in [1.54, 1.807) is 6.07 Å². The van der Waals surface area contributed by atoms with Gasteiger partial charge in [-0.15, -0.1) is 0 Å². The van der Waals surface area contributed by atoms with E-state index in [0.29, 0.717) is 6.61 Å². The highest BCUT2D eigenvalue weighted by atomic mass is 19.1. The fraction of sp³-hybridized carbons (Fsp3) is 0.231. The van der Waals surface area contributed by atoms with Gasteiger partial charge in [0, 0.05) is 28.9 Å². The Morgan fingerprint density at radius 1 is 0.900 bits per heavy atom. The van der Waals surface area contributed by atoms with Gasteiger partial charge in [0.2, 0.25) is 0 Å². The maximum atomic E-state index is 14.1. The van der Waals surface area contributed by atoms with Gasteiger partial charge in [-0.2, -0.15) is 0 Å². The first-order valence-corrected chi connectivity index (χ1v) is 10.3. The average Bonchev–Trinajstić information content (AvgIpc) is 2.92. The highest BCUT2D eigenvalue weighted by molar-refractivity contribution is 6.17. The SMILES string of the molecule is CN1c2ccc(F)cc2C(C)(C)C12COc1c(c3ccccc3c3ccccc13)N2. The van der Waals surface area contributed by atoms with Gasteiger partial charge in [0.1, 0.15) is 12.4 Å². The van der Waals surface area contributed by atoms with E-state index in [9.17, 15) is 4.39 Å². The van der Waals surface area contributed by atoms with Crippen LogP contribution in [0.3, 0.4) is 0 Å². The molecule has 3 nitrogen and oxygen atoms in total. The van der Waals surface area contributed by atoms with Crippen LogP contribution in [0.2, 0.25) is 0 Å². The highest BCUT2D eigenvalue weighted by Crippen LogP contribution is 2.55. The molecule has 0 fully saturated rings. The Bertz CT molecular complexity index is 1350. The minimum absolute atomic E-state index is 0.208.